The normalized spacial score (nSPS) is 25.9. The van der Waals surface area contributed by atoms with Crippen molar-refractivity contribution in [1.29, 1.82) is 5.26 Å². The average molecular weight is 335 g/mol. The van der Waals surface area contributed by atoms with Gasteiger partial charge in [-0.1, -0.05) is 48.5 Å². The molecule has 0 aromatic heterocycles. The summed E-state index contributed by atoms with van der Waals surface area (Å²) in [6.07, 6.45) is 0.780. The van der Waals surface area contributed by atoms with Crippen LogP contribution in [0.3, 0.4) is 0 Å². The van der Waals surface area contributed by atoms with Crippen LogP contribution in [-0.2, 0) is 19.8 Å². The zero-order valence-corrected chi connectivity index (χ0v) is 14.3. The molecule has 128 valence electrons. The molecule has 0 aliphatic heterocycles. The molecule has 0 saturated heterocycles. The molecule has 4 nitrogen and oxygen atoms in total. The third-order valence-corrected chi connectivity index (χ3v) is 5.39. The lowest BCUT2D eigenvalue weighted by Crippen LogP contribution is -2.49. The number of hydrogen-bond acceptors (Lipinski definition) is 4. The summed E-state index contributed by atoms with van der Waals surface area (Å²) in [4.78, 5) is 0. The number of nitrogens with zero attached hydrogens (tertiary/aromatic N) is 1. The zero-order chi connectivity index (χ0) is 17.3. The van der Waals surface area contributed by atoms with Gasteiger partial charge in [0.1, 0.15) is 12.4 Å². The fourth-order valence-corrected chi connectivity index (χ4v) is 4.36. The van der Waals surface area contributed by atoms with Crippen LogP contribution in [-0.4, -0.2) is 27.1 Å². The van der Waals surface area contributed by atoms with E-state index in [1.54, 1.807) is 7.11 Å². The second kappa shape index (κ2) is 6.61. The molecule has 0 amide bonds. The lowest BCUT2D eigenvalue weighted by Gasteiger charge is -2.51. The summed E-state index contributed by atoms with van der Waals surface area (Å²) >= 11 is 0. The molecule has 0 saturated carbocycles. The number of ether oxygens (including phenoxy) is 3. The quantitative estimate of drug-likeness (QED) is 0.598. The summed E-state index contributed by atoms with van der Waals surface area (Å²) in [5.74, 6) is 0.0326. The Balaban J connectivity index is 1.79. The Morgan fingerprint density at radius 1 is 1.04 bits per heavy atom. The fraction of sp³-hybridized carbons (Fsp3) is 0.381. The second-order valence-electron chi connectivity index (χ2n) is 6.54. The molecule has 0 fully saturated rings. The first-order chi connectivity index (χ1) is 12.3. The van der Waals surface area contributed by atoms with Crippen LogP contribution in [0.2, 0.25) is 0 Å². The van der Waals surface area contributed by atoms with Crippen molar-refractivity contribution in [2.24, 2.45) is 5.92 Å². The van der Waals surface area contributed by atoms with Crippen molar-refractivity contribution in [2.45, 2.75) is 17.9 Å². The molecule has 4 heteroatoms. The predicted octanol–water partition coefficient (Wildman–Crippen LogP) is 3.56. The number of rotatable bonds is 6. The lowest BCUT2D eigenvalue weighted by molar-refractivity contribution is -0.156. The molecule has 2 aromatic rings. The predicted molar refractivity (Wildman–Crippen MR) is 93.0 cm³/mol. The summed E-state index contributed by atoms with van der Waals surface area (Å²) in [6, 6.07) is 19.2. The minimum atomic E-state index is -0.760. The maximum Gasteiger partial charge on any atom is 0.148 e. The van der Waals surface area contributed by atoms with Crippen LogP contribution in [0, 0.1) is 17.2 Å². The van der Waals surface area contributed by atoms with Gasteiger partial charge in [0.2, 0.25) is 0 Å². The Morgan fingerprint density at radius 3 is 2.28 bits per heavy atom. The largest absolute Gasteiger partial charge is 0.382 e. The van der Waals surface area contributed by atoms with Gasteiger partial charge in [-0.3, -0.25) is 0 Å². The SMILES string of the molecule is COCCOCOC12c3ccccc3C(CC1C#N)c1ccccc12. The van der Waals surface area contributed by atoms with Crippen LogP contribution in [0.5, 0.6) is 0 Å². The first kappa shape index (κ1) is 16.3. The van der Waals surface area contributed by atoms with Crippen molar-refractivity contribution in [3.8, 4) is 6.07 Å². The second-order valence-corrected chi connectivity index (χ2v) is 6.54. The number of hydrogen-bond donors (Lipinski definition) is 0. The Morgan fingerprint density at radius 2 is 1.68 bits per heavy atom. The molecular formula is C21H21NO3. The van der Waals surface area contributed by atoms with Crippen molar-refractivity contribution < 1.29 is 14.2 Å². The minimum absolute atomic E-state index is 0.134. The molecule has 3 aliphatic rings. The van der Waals surface area contributed by atoms with Crippen LogP contribution < -0.4 is 0 Å². The van der Waals surface area contributed by atoms with Crippen molar-refractivity contribution in [3.05, 3.63) is 70.8 Å². The fourth-order valence-electron chi connectivity index (χ4n) is 4.36. The molecule has 5 rings (SSSR count). The topological polar surface area (TPSA) is 51.5 Å². The molecule has 2 bridgehead atoms. The van der Waals surface area contributed by atoms with Gasteiger partial charge in [0.25, 0.3) is 0 Å². The number of fused-ring (bicyclic) bond motifs is 1. The first-order valence-corrected chi connectivity index (χ1v) is 8.62. The monoisotopic (exact) mass is 335 g/mol. The van der Waals surface area contributed by atoms with Crippen molar-refractivity contribution in [3.63, 3.8) is 0 Å². The highest BCUT2D eigenvalue weighted by Gasteiger charge is 2.55. The van der Waals surface area contributed by atoms with Crippen LogP contribution in [0.1, 0.15) is 34.6 Å². The first-order valence-electron chi connectivity index (χ1n) is 8.62. The smallest absolute Gasteiger partial charge is 0.148 e. The van der Waals surface area contributed by atoms with Crippen molar-refractivity contribution in [1.82, 2.24) is 0 Å². The number of nitriles is 1. The van der Waals surface area contributed by atoms with Gasteiger partial charge < -0.3 is 14.2 Å². The Hall–Kier alpha value is -2.19. The van der Waals surface area contributed by atoms with E-state index in [2.05, 4.69) is 42.5 Å². The molecule has 0 radical (unpaired) electrons. The summed E-state index contributed by atoms with van der Waals surface area (Å²) < 4.78 is 17.0. The van der Waals surface area contributed by atoms with Gasteiger partial charge in [-0.25, -0.2) is 0 Å². The third-order valence-electron chi connectivity index (χ3n) is 5.39. The van der Waals surface area contributed by atoms with Gasteiger partial charge in [0, 0.05) is 13.0 Å². The van der Waals surface area contributed by atoms with Crippen LogP contribution in [0.15, 0.2) is 48.5 Å². The molecule has 0 spiro atoms. The maximum atomic E-state index is 9.88. The number of methoxy groups -OCH3 is 1. The van der Waals surface area contributed by atoms with E-state index in [4.69, 9.17) is 14.2 Å². The van der Waals surface area contributed by atoms with Crippen molar-refractivity contribution in [2.75, 3.05) is 27.1 Å². The molecular weight excluding hydrogens is 314 g/mol. The molecule has 3 aliphatic carbocycles. The van der Waals surface area contributed by atoms with Gasteiger partial charge >= 0.3 is 0 Å². The standard InChI is InChI=1S/C21H21NO3/c1-23-10-11-24-14-25-21-15(13-22)12-18(16-6-2-4-8-19(16)21)17-7-3-5-9-20(17)21/h2-9,15,18H,10-12,14H2,1H3. The average Bonchev–Trinajstić information content (AvgIpc) is 2.68. The maximum absolute atomic E-state index is 9.88. The Bertz CT molecular complexity index is 763. The summed E-state index contributed by atoms with van der Waals surface area (Å²) in [6.45, 7) is 1.12. The molecule has 0 heterocycles. The molecule has 0 N–H and O–H groups in total. The van der Waals surface area contributed by atoms with Gasteiger partial charge in [0.05, 0.1) is 25.2 Å². The van der Waals surface area contributed by atoms with Crippen LogP contribution in [0.25, 0.3) is 0 Å². The highest BCUT2D eigenvalue weighted by molar-refractivity contribution is 5.59. The summed E-state index contributed by atoms with van der Waals surface area (Å²) in [7, 11) is 1.64. The van der Waals surface area contributed by atoms with E-state index in [0.29, 0.717) is 13.2 Å². The van der Waals surface area contributed by atoms with E-state index in [0.717, 1.165) is 17.5 Å². The molecule has 2 aromatic carbocycles. The Labute approximate surface area is 147 Å². The van der Waals surface area contributed by atoms with E-state index >= 15 is 0 Å². The highest BCUT2D eigenvalue weighted by atomic mass is 16.7. The highest BCUT2D eigenvalue weighted by Crippen LogP contribution is 2.59. The van der Waals surface area contributed by atoms with Crippen LogP contribution in [0.4, 0.5) is 0 Å². The van der Waals surface area contributed by atoms with Crippen molar-refractivity contribution >= 4 is 0 Å². The lowest BCUT2D eigenvalue weighted by atomic mass is 9.56. The van der Waals surface area contributed by atoms with E-state index in [1.807, 2.05) is 12.1 Å². The zero-order valence-electron chi connectivity index (χ0n) is 14.3. The molecule has 25 heavy (non-hydrogen) atoms. The van der Waals surface area contributed by atoms with Gasteiger partial charge in [-0.05, 0) is 28.7 Å². The molecule has 1 atom stereocenters. The van der Waals surface area contributed by atoms with Gasteiger partial charge in [0.15, 0.2) is 0 Å². The summed E-state index contributed by atoms with van der Waals surface area (Å²) in [5.41, 5.74) is 3.98. The Kier molecular flexibility index (Phi) is 4.30. The summed E-state index contributed by atoms with van der Waals surface area (Å²) in [5, 5.41) is 9.88. The van der Waals surface area contributed by atoms with Gasteiger partial charge in [-0.2, -0.15) is 5.26 Å². The van der Waals surface area contributed by atoms with Gasteiger partial charge in [-0.15, -0.1) is 0 Å². The van der Waals surface area contributed by atoms with E-state index in [9.17, 15) is 5.26 Å². The van der Waals surface area contributed by atoms with E-state index < -0.39 is 5.60 Å². The van der Waals surface area contributed by atoms with E-state index in [-0.39, 0.29) is 18.6 Å². The molecule has 1 unspecified atom stereocenters. The third kappa shape index (κ3) is 2.39. The van der Waals surface area contributed by atoms with Crippen LogP contribution >= 0.6 is 0 Å². The van der Waals surface area contributed by atoms with E-state index in [1.165, 1.54) is 11.1 Å². The minimum Gasteiger partial charge on any atom is -0.382 e. The number of benzene rings is 2.